The number of aromatic amines is 1. The molecular weight excluding hydrogens is 180 g/mol. The molecule has 0 spiro atoms. The Morgan fingerprint density at radius 2 is 2.33 bits per heavy atom. The van der Waals surface area contributed by atoms with Crippen molar-refractivity contribution in [1.29, 1.82) is 0 Å². The predicted octanol–water partition coefficient (Wildman–Crippen LogP) is 2.04. The van der Waals surface area contributed by atoms with Crippen LogP contribution in [0, 0.1) is 6.92 Å². The Labute approximate surface area is 62.8 Å². The van der Waals surface area contributed by atoms with E-state index in [9.17, 15) is 0 Å². The van der Waals surface area contributed by atoms with Gasteiger partial charge < -0.3 is 4.98 Å². The van der Waals surface area contributed by atoms with Crippen LogP contribution in [0.15, 0.2) is 4.60 Å². The fourth-order valence-corrected chi connectivity index (χ4v) is 1.39. The first-order chi connectivity index (χ1) is 4.24. The van der Waals surface area contributed by atoms with Gasteiger partial charge in [-0.05, 0) is 29.3 Å². The standard InChI is InChI=1S/C6H9BrN2/c1-3-5-6(7)9-4(2)8-5/h3H2,1-2H3,(H,8,9). The highest BCUT2D eigenvalue weighted by atomic mass is 79.9. The molecule has 0 aliphatic carbocycles. The summed E-state index contributed by atoms with van der Waals surface area (Å²) in [7, 11) is 0. The van der Waals surface area contributed by atoms with Crippen LogP contribution in [0.4, 0.5) is 0 Å². The first-order valence-corrected chi connectivity index (χ1v) is 3.74. The molecule has 0 fully saturated rings. The SMILES string of the molecule is CCc1[nH]c(C)nc1Br. The van der Waals surface area contributed by atoms with Crippen LogP contribution in [0.5, 0.6) is 0 Å². The van der Waals surface area contributed by atoms with Gasteiger partial charge in [0.2, 0.25) is 0 Å². The number of hydrogen-bond donors (Lipinski definition) is 1. The van der Waals surface area contributed by atoms with E-state index < -0.39 is 0 Å². The lowest BCUT2D eigenvalue weighted by molar-refractivity contribution is 1.03. The zero-order valence-electron chi connectivity index (χ0n) is 5.53. The fraction of sp³-hybridized carbons (Fsp3) is 0.500. The topological polar surface area (TPSA) is 28.7 Å². The Hall–Kier alpha value is -0.310. The molecule has 1 N–H and O–H groups in total. The predicted molar refractivity (Wildman–Crippen MR) is 40.4 cm³/mol. The second-order valence-electron chi connectivity index (χ2n) is 1.95. The van der Waals surface area contributed by atoms with Gasteiger partial charge in [-0.25, -0.2) is 4.98 Å². The molecule has 3 heteroatoms. The molecule has 0 aromatic carbocycles. The Kier molecular flexibility index (Phi) is 1.90. The lowest BCUT2D eigenvalue weighted by Gasteiger charge is -1.85. The molecule has 0 unspecified atom stereocenters. The van der Waals surface area contributed by atoms with Gasteiger partial charge in [0, 0.05) is 5.69 Å². The van der Waals surface area contributed by atoms with Gasteiger partial charge in [0.05, 0.1) is 0 Å². The number of hydrogen-bond acceptors (Lipinski definition) is 1. The minimum Gasteiger partial charge on any atom is -0.345 e. The van der Waals surface area contributed by atoms with E-state index in [0.717, 1.165) is 16.8 Å². The largest absolute Gasteiger partial charge is 0.345 e. The summed E-state index contributed by atoms with van der Waals surface area (Å²) in [5.74, 6) is 0.971. The smallest absolute Gasteiger partial charge is 0.127 e. The van der Waals surface area contributed by atoms with Crippen LogP contribution in [0.3, 0.4) is 0 Å². The minimum absolute atomic E-state index is 0.947. The summed E-state index contributed by atoms with van der Waals surface area (Å²) in [4.78, 5) is 7.28. The van der Waals surface area contributed by atoms with Crippen LogP contribution in [0.1, 0.15) is 18.4 Å². The lowest BCUT2D eigenvalue weighted by Crippen LogP contribution is -1.78. The van der Waals surface area contributed by atoms with Crippen molar-refractivity contribution in [2.24, 2.45) is 0 Å². The van der Waals surface area contributed by atoms with E-state index in [1.807, 2.05) is 6.92 Å². The van der Waals surface area contributed by atoms with E-state index in [-0.39, 0.29) is 0 Å². The minimum atomic E-state index is 0.947. The van der Waals surface area contributed by atoms with Crippen molar-refractivity contribution in [2.75, 3.05) is 0 Å². The van der Waals surface area contributed by atoms with E-state index in [1.165, 1.54) is 5.69 Å². The maximum atomic E-state index is 4.14. The number of aromatic nitrogens is 2. The van der Waals surface area contributed by atoms with Crippen molar-refractivity contribution >= 4 is 15.9 Å². The molecule has 1 heterocycles. The zero-order valence-corrected chi connectivity index (χ0v) is 7.12. The third-order valence-corrected chi connectivity index (χ3v) is 1.86. The molecule has 0 bridgehead atoms. The summed E-state index contributed by atoms with van der Waals surface area (Å²) in [6, 6.07) is 0. The van der Waals surface area contributed by atoms with Gasteiger partial charge in [-0.3, -0.25) is 0 Å². The van der Waals surface area contributed by atoms with E-state index in [2.05, 4.69) is 32.8 Å². The highest BCUT2D eigenvalue weighted by molar-refractivity contribution is 9.10. The highest BCUT2D eigenvalue weighted by Crippen LogP contribution is 2.12. The Morgan fingerprint density at radius 1 is 1.67 bits per heavy atom. The quantitative estimate of drug-likeness (QED) is 0.719. The molecule has 0 aliphatic rings. The molecule has 9 heavy (non-hydrogen) atoms. The average Bonchev–Trinajstić information content (AvgIpc) is 2.10. The number of imidazole rings is 1. The summed E-state index contributed by atoms with van der Waals surface area (Å²) in [6.45, 7) is 4.04. The number of nitrogens with zero attached hydrogens (tertiary/aromatic N) is 1. The van der Waals surface area contributed by atoms with Crippen molar-refractivity contribution in [3.8, 4) is 0 Å². The maximum absolute atomic E-state index is 4.14. The third-order valence-electron chi connectivity index (χ3n) is 1.20. The number of nitrogens with one attached hydrogen (secondary N) is 1. The van der Waals surface area contributed by atoms with Gasteiger partial charge in [0.15, 0.2) is 0 Å². The van der Waals surface area contributed by atoms with Gasteiger partial charge in [0.25, 0.3) is 0 Å². The van der Waals surface area contributed by atoms with E-state index in [1.54, 1.807) is 0 Å². The number of rotatable bonds is 1. The van der Waals surface area contributed by atoms with Gasteiger partial charge >= 0.3 is 0 Å². The average molecular weight is 189 g/mol. The second-order valence-corrected chi connectivity index (χ2v) is 2.70. The van der Waals surface area contributed by atoms with Gasteiger partial charge in [-0.2, -0.15) is 0 Å². The van der Waals surface area contributed by atoms with Crippen LogP contribution in [0.25, 0.3) is 0 Å². The van der Waals surface area contributed by atoms with E-state index >= 15 is 0 Å². The second kappa shape index (κ2) is 2.52. The monoisotopic (exact) mass is 188 g/mol. The number of H-pyrrole nitrogens is 1. The Balaban J connectivity index is 3.01. The Bertz CT molecular complexity index is 205. The lowest BCUT2D eigenvalue weighted by atomic mass is 10.4. The van der Waals surface area contributed by atoms with Gasteiger partial charge in [-0.1, -0.05) is 6.92 Å². The summed E-state index contributed by atoms with van der Waals surface area (Å²) in [5, 5.41) is 0. The molecule has 0 saturated heterocycles. The Morgan fingerprint density at radius 3 is 2.56 bits per heavy atom. The third kappa shape index (κ3) is 1.33. The van der Waals surface area contributed by atoms with Gasteiger partial charge in [0.1, 0.15) is 10.4 Å². The van der Waals surface area contributed by atoms with Crippen LogP contribution in [0.2, 0.25) is 0 Å². The molecule has 0 amide bonds. The van der Waals surface area contributed by atoms with Crippen molar-refractivity contribution in [2.45, 2.75) is 20.3 Å². The summed E-state index contributed by atoms with van der Waals surface area (Å²) in [6.07, 6.45) is 1.00. The first-order valence-electron chi connectivity index (χ1n) is 2.95. The van der Waals surface area contributed by atoms with Crippen molar-refractivity contribution in [3.05, 3.63) is 16.1 Å². The molecule has 0 radical (unpaired) electrons. The zero-order chi connectivity index (χ0) is 6.85. The van der Waals surface area contributed by atoms with Crippen LogP contribution in [-0.4, -0.2) is 9.97 Å². The summed E-state index contributed by atoms with van der Waals surface area (Å²) in [5.41, 5.74) is 1.17. The fourth-order valence-electron chi connectivity index (χ4n) is 0.747. The highest BCUT2D eigenvalue weighted by Gasteiger charge is 2.00. The molecule has 0 saturated carbocycles. The van der Waals surface area contributed by atoms with E-state index in [4.69, 9.17) is 0 Å². The molecule has 1 aromatic rings. The molecular formula is C6H9BrN2. The molecule has 0 aliphatic heterocycles. The summed E-state index contributed by atoms with van der Waals surface area (Å²) < 4.78 is 0.947. The van der Waals surface area contributed by atoms with Crippen LogP contribution in [-0.2, 0) is 6.42 Å². The van der Waals surface area contributed by atoms with E-state index in [0.29, 0.717) is 0 Å². The summed E-state index contributed by atoms with van der Waals surface area (Å²) >= 11 is 3.33. The van der Waals surface area contributed by atoms with Gasteiger partial charge in [-0.15, -0.1) is 0 Å². The van der Waals surface area contributed by atoms with Crippen molar-refractivity contribution in [3.63, 3.8) is 0 Å². The molecule has 50 valence electrons. The van der Waals surface area contributed by atoms with Crippen molar-refractivity contribution in [1.82, 2.24) is 9.97 Å². The molecule has 1 rings (SSSR count). The number of halogens is 1. The van der Waals surface area contributed by atoms with Crippen LogP contribution >= 0.6 is 15.9 Å². The molecule has 2 nitrogen and oxygen atoms in total. The van der Waals surface area contributed by atoms with Crippen molar-refractivity contribution < 1.29 is 0 Å². The molecule has 0 atom stereocenters. The molecule has 1 aromatic heterocycles. The first kappa shape index (κ1) is 6.81. The number of aryl methyl sites for hydroxylation is 2. The van der Waals surface area contributed by atoms with Crippen LogP contribution < -0.4 is 0 Å². The normalized spacial score (nSPS) is 10.1. The maximum Gasteiger partial charge on any atom is 0.127 e.